The number of carbonyl (C=O) groups is 4. The van der Waals surface area contributed by atoms with Crippen LogP contribution in [0.2, 0.25) is 0 Å². The van der Waals surface area contributed by atoms with Crippen LogP contribution in [0.1, 0.15) is 57.1 Å². The Morgan fingerprint density at radius 3 is 2.52 bits per heavy atom. The zero-order valence-electron chi connectivity index (χ0n) is 30.6. The summed E-state index contributed by atoms with van der Waals surface area (Å²) in [5.41, 5.74) is -0.519. The van der Waals surface area contributed by atoms with Crippen LogP contribution >= 0.6 is 15.9 Å². The number of halogens is 1. The topological polar surface area (TPSA) is 129 Å². The van der Waals surface area contributed by atoms with Crippen LogP contribution in [0.15, 0.2) is 55.6 Å². The first kappa shape index (κ1) is 40.1. The minimum Gasteiger partial charge on any atom is -0.455 e. The van der Waals surface area contributed by atoms with Crippen molar-refractivity contribution in [1.82, 2.24) is 19.6 Å². The first-order valence-corrected chi connectivity index (χ1v) is 19.6. The second-order valence-corrected chi connectivity index (χ2v) is 15.5. The number of amides is 3. The van der Waals surface area contributed by atoms with Gasteiger partial charge in [0.15, 0.2) is 0 Å². The number of ether oxygens (including phenoxy) is 3. The highest BCUT2D eigenvalue weighted by molar-refractivity contribution is 9.09. The third kappa shape index (κ3) is 8.33. The molecular formula is C39H55BrN4O8. The number of likely N-dealkylation sites (N-methyl/N-ethyl adjacent to an activating group) is 1. The van der Waals surface area contributed by atoms with Crippen LogP contribution in [0.3, 0.4) is 0 Å². The number of nitrogens with zero attached hydrogens (tertiary/aromatic N) is 4. The predicted octanol–water partition coefficient (Wildman–Crippen LogP) is 3.34. The molecule has 4 saturated heterocycles. The number of hydrogen-bond donors (Lipinski definition) is 1. The highest BCUT2D eigenvalue weighted by Crippen LogP contribution is 2.60. The van der Waals surface area contributed by atoms with Crippen LogP contribution in [0.5, 0.6) is 0 Å². The van der Waals surface area contributed by atoms with Crippen molar-refractivity contribution in [2.24, 2.45) is 11.8 Å². The van der Waals surface area contributed by atoms with Crippen molar-refractivity contribution < 1.29 is 38.5 Å². The molecule has 1 spiro atoms. The first-order valence-electron chi connectivity index (χ1n) is 18.6. The van der Waals surface area contributed by atoms with E-state index in [4.69, 9.17) is 14.2 Å². The second kappa shape index (κ2) is 18.3. The Morgan fingerprint density at radius 2 is 1.85 bits per heavy atom. The molecule has 1 unspecified atom stereocenters. The van der Waals surface area contributed by atoms with E-state index >= 15 is 0 Å². The summed E-state index contributed by atoms with van der Waals surface area (Å²) in [7, 11) is 1.70. The molecule has 4 aliphatic rings. The zero-order chi connectivity index (χ0) is 37.4. The molecular weight excluding hydrogens is 732 g/mol. The second-order valence-electron chi connectivity index (χ2n) is 14.3. The van der Waals surface area contributed by atoms with E-state index in [9.17, 15) is 24.3 Å². The Kier molecular flexibility index (Phi) is 14.1. The van der Waals surface area contributed by atoms with Crippen molar-refractivity contribution in [2.75, 3.05) is 66.1 Å². The van der Waals surface area contributed by atoms with Crippen molar-refractivity contribution in [2.45, 2.75) is 80.2 Å². The molecule has 0 saturated carbocycles. The summed E-state index contributed by atoms with van der Waals surface area (Å²) in [5.74, 6) is -3.10. The van der Waals surface area contributed by atoms with Crippen molar-refractivity contribution in [3.63, 3.8) is 0 Å². The number of fused-ring (bicyclic) bond motifs is 1. The maximum atomic E-state index is 14.8. The molecule has 3 amide bonds. The van der Waals surface area contributed by atoms with Crippen LogP contribution in [0, 0.1) is 11.8 Å². The number of alkyl halides is 1. The van der Waals surface area contributed by atoms with Gasteiger partial charge < -0.3 is 34.0 Å². The number of likely N-dealkylation sites (tertiary alicyclic amines) is 1. The molecule has 12 nitrogen and oxygen atoms in total. The lowest BCUT2D eigenvalue weighted by atomic mass is 9.70. The fourth-order valence-electron chi connectivity index (χ4n) is 8.32. The standard InChI is InChI=1S/C39H55BrN4O8/c1-5-7-16-30(46)41(4)27(3)33(28-14-10-8-11-15-28)51-38(49)31-32-36(47)44(18-12-9-13-23-45)35(39(32)26-29(40)34(31)52-39)37(48)43(17-6-2)20-19-42-21-24-50-25-22-42/h5-6,8,10-11,14-15,27,29,31-35,45H,1-2,7,9,12-13,16-26H2,3-4H3/t27-,29?,31+,32-,33+,34+,35+,39-/m0/s1. The van der Waals surface area contributed by atoms with Gasteiger partial charge in [0.25, 0.3) is 0 Å². The molecule has 1 aromatic carbocycles. The van der Waals surface area contributed by atoms with Crippen molar-refractivity contribution in [3.05, 3.63) is 61.2 Å². The van der Waals surface area contributed by atoms with E-state index in [0.717, 1.165) is 18.7 Å². The molecule has 8 atom stereocenters. The number of benzene rings is 1. The third-order valence-electron chi connectivity index (χ3n) is 11.2. The largest absolute Gasteiger partial charge is 0.455 e. The van der Waals surface area contributed by atoms with Gasteiger partial charge in [0.05, 0.1) is 37.2 Å². The number of aliphatic hydroxyl groups excluding tert-OH is 1. The molecule has 0 aliphatic carbocycles. The lowest BCUT2D eigenvalue weighted by Crippen LogP contribution is -2.57. The van der Waals surface area contributed by atoms with Crippen LogP contribution in [0.25, 0.3) is 0 Å². The van der Waals surface area contributed by atoms with Crippen LogP contribution in [-0.2, 0) is 33.4 Å². The average Bonchev–Trinajstić information content (AvgIpc) is 3.75. The van der Waals surface area contributed by atoms with E-state index in [0.29, 0.717) is 71.5 Å². The Balaban J connectivity index is 1.45. The van der Waals surface area contributed by atoms with Crippen LogP contribution < -0.4 is 0 Å². The molecule has 5 rings (SSSR count). The molecule has 4 heterocycles. The Hall–Kier alpha value is -3.10. The van der Waals surface area contributed by atoms with E-state index in [1.807, 2.05) is 37.3 Å². The Labute approximate surface area is 316 Å². The highest BCUT2D eigenvalue weighted by Gasteiger charge is 2.77. The molecule has 0 radical (unpaired) electrons. The molecule has 0 aromatic heterocycles. The normalized spacial score (nSPS) is 27.9. The summed E-state index contributed by atoms with van der Waals surface area (Å²) < 4.78 is 18.6. The monoisotopic (exact) mass is 786 g/mol. The number of allylic oxidation sites excluding steroid dienone is 1. The molecule has 1 aromatic rings. The summed E-state index contributed by atoms with van der Waals surface area (Å²) in [5, 5.41) is 9.42. The van der Waals surface area contributed by atoms with Crippen molar-refractivity contribution in [3.8, 4) is 0 Å². The molecule has 286 valence electrons. The van der Waals surface area contributed by atoms with Gasteiger partial charge >= 0.3 is 5.97 Å². The summed E-state index contributed by atoms with van der Waals surface area (Å²) in [6.07, 6.45) is 4.92. The van der Waals surface area contributed by atoms with Gasteiger partial charge in [-0.2, -0.15) is 0 Å². The lowest BCUT2D eigenvalue weighted by molar-refractivity contribution is -0.164. The lowest BCUT2D eigenvalue weighted by Gasteiger charge is -2.38. The van der Waals surface area contributed by atoms with Gasteiger partial charge in [0, 0.05) is 64.2 Å². The number of esters is 1. The van der Waals surface area contributed by atoms with Gasteiger partial charge in [-0.15, -0.1) is 13.2 Å². The number of hydrogen-bond acceptors (Lipinski definition) is 9. The van der Waals surface area contributed by atoms with Crippen LogP contribution in [-0.4, -0.2) is 143 Å². The molecule has 52 heavy (non-hydrogen) atoms. The van der Waals surface area contributed by atoms with Gasteiger partial charge in [-0.3, -0.25) is 24.1 Å². The van der Waals surface area contributed by atoms with Gasteiger partial charge in [0.1, 0.15) is 17.7 Å². The summed E-state index contributed by atoms with van der Waals surface area (Å²) >= 11 is 3.77. The molecule has 2 bridgehead atoms. The maximum absolute atomic E-state index is 14.8. The van der Waals surface area contributed by atoms with Crippen molar-refractivity contribution >= 4 is 39.6 Å². The van der Waals surface area contributed by atoms with Gasteiger partial charge in [-0.25, -0.2) is 0 Å². The maximum Gasteiger partial charge on any atom is 0.313 e. The number of rotatable bonds is 19. The quantitative estimate of drug-likeness (QED) is 0.0973. The average molecular weight is 788 g/mol. The molecule has 1 N–H and O–H groups in total. The number of unbranched alkanes of at least 4 members (excludes halogenated alkanes) is 2. The molecule has 13 heteroatoms. The number of morpholine rings is 1. The fourth-order valence-corrected chi connectivity index (χ4v) is 9.26. The van der Waals surface area contributed by atoms with E-state index in [1.165, 1.54) is 0 Å². The Bertz CT molecular complexity index is 1430. The summed E-state index contributed by atoms with van der Waals surface area (Å²) in [6, 6.07) is 7.83. The predicted molar refractivity (Wildman–Crippen MR) is 199 cm³/mol. The summed E-state index contributed by atoms with van der Waals surface area (Å²) in [4.78, 5) is 64.0. The number of aliphatic hydroxyl groups is 1. The van der Waals surface area contributed by atoms with Gasteiger partial charge in [-0.05, 0) is 44.6 Å². The van der Waals surface area contributed by atoms with E-state index in [1.54, 1.807) is 33.9 Å². The zero-order valence-corrected chi connectivity index (χ0v) is 32.2. The highest BCUT2D eigenvalue weighted by atomic mass is 79.9. The van der Waals surface area contributed by atoms with Gasteiger partial charge in [0.2, 0.25) is 17.7 Å². The SMILES string of the molecule is C=CCCC(=O)N(C)[C@@H](C)[C@@H](OC(=O)[C@H]1[C@@H]2O[C@@]3(CC2Br)[C@@H]1C(=O)N(CCCCCO)[C@@H]3C(=O)N(CC=C)CCN1CCOCC1)c1ccccc1. The first-order chi connectivity index (χ1) is 25.1. The fraction of sp³-hybridized carbons (Fsp3) is 0.641. The molecule has 4 fully saturated rings. The van der Waals surface area contributed by atoms with Crippen molar-refractivity contribution in [1.29, 1.82) is 0 Å². The van der Waals surface area contributed by atoms with E-state index < -0.39 is 47.7 Å². The van der Waals surface area contributed by atoms with Crippen LogP contribution in [0.4, 0.5) is 0 Å². The minimum atomic E-state index is -1.24. The summed E-state index contributed by atoms with van der Waals surface area (Å²) in [6.45, 7) is 14.1. The Morgan fingerprint density at radius 1 is 1.12 bits per heavy atom. The smallest absolute Gasteiger partial charge is 0.313 e. The minimum absolute atomic E-state index is 0.0392. The van der Waals surface area contributed by atoms with E-state index in [-0.39, 0.29) is 35.6 Å². The van der Waals surface area contributed by atoms with Gasteiger partial charge in [-0.1, -0.05) is 58.4 Å². The third-order valence-corrected chi connectivity index (χ3v) is 12.0. The number of carbonyl (C=O) groups excluding carboxylic acids is 4. The molecule has 4 aliphatic heterocycles. The van der Waals surface area contributed by atoms with E-state index in [2.05, 4.69) is 34.0 Å².